The standard InChI is InChI=1S/C14H12N2O5/c1-9-10(4-2-5-11(9)16(20)21)8-15-12(14(18)19)6-3-7-13(15)17/h2-7H,8H2,1H3,(H,18,19). The van der Waals surface area contributed by atoms with Crippen molar-refractivity contribution in [2.24, 2.45) is 0 Å². The van der Waals surface area contributed by atoms with Gasteiger partial charge in [0.05, 0.1) is 11.5 Å². The molecule has 0 radical (unpaired) electrons. The van der Waals surface area contributed by atoms with Crippen LogP contribution in [0.1, 0.15) is 21.6 Å². The van der Waals surface area contributed by atoms with Crippen LogP contribution in [0.3, 0.4) is 0 Å². The Hall–Kier alpha value is -2.96. The molecule has 0 unspecified atom stereocenters. The summed E-state index contributed by atoms with van der Waals surface area (Å²) in [5.74, 6) is -1.23. The van der Waals surface area contributed by atoms with E-state index in [1.165, 1.54) is 30.3 Å². The van der Waals surface area contributed by atoms with E-state index in [1.807, 2.05) is 0 Å². The second kappa shape index (κ2) is 5.58. The molecule has 108 valence electrons. The highest BCUT2D eigenvalue weighted by Gasteiger charge is 2.16. The Bertz CT molecular complexity index is 779. The van der Waals surface area contributed by atoms with E-state index in [-0.39, 0.29) is 17.9 Å². The van der Waals surface area contributed by atoms with E-state index in [0.717, 1.165) is 4.57 Å². The summed E-state index contributed by atoms with van der Waals surface area (Å²) in [5.41, 5.74) is 0.247. The number of aromatic carboxylic acids is 1. The first-order valence-corrected chi connectivity index (χ1v) is 6.08. The van der Waals surface area contributed by atoms with Gasteiger partial charge in [-0.05, 0) is 18.6 Å². The number of hydrogen-bond donors (Lipinski definition) is 1. The van der Waals surface area contributed by atoms with Gasteiger partial charge in [0.2, 0.25) is 0 Å². The third-order valence-electron chi connectivity index (χ3n) is 3.21. The van der Waals surface area contributed by atoms with Crippen LogP contribution in [0.25, 0.3) is 0 Å². The zero-order chi connectivity index (χ0) is 15.6. The molecule has 0 bridgehead atoms. The summed E-state index contributed by atoms with van der Waals surface area (Å²) >= 11 is 0. The lowest BCUT2D eigenvalue weighted by molar-refractivity contribution is -0.385. The first-order valence-electron chi connectivity index (χ1n) is 6.08. The predicted octanol–water partition coefficient (Wildman–Crippen LogP) is 1.81. The number of carboxylic acid groups (broad SMARTS) is 1. The molecule has 1 heterocycles. The molecule has 2 aromatic rings. The van der Waals surface area contributed by atoms with Gasteiger partial charge in [0.1, 0.15) is 5.69 Å². The number of benzene rings is 1. The third kappa shape index (κ3) is 2.81. The maximum absolute atomic E-state index is 11.8. The summed E-state index contributed by atoms with van der Waals surface area (Å²) in [6, 6.07) is 8.44. The monoisotopic (exact) mass is 288 g/mol. The molecule has 0 fully saturated rings. The summed E-state index contributed by atoms with van der Waals surface area (Å²) in [6.45, 7) is 1.54. The molecule has 0 aliphatic heterocycles. The summed E-state index contributed by atoms with van der Waals surface area (Å²) in [4.78, 5) is 33.4. The highest BCUT2D eigenvalue weighted by molar-refractivity contribution is 5.85. The average molecular weight is 288 g/mol. The third-order valence-corrected chi connectivity index (χ3v) is 3.21. The van der Waals surface area contributed by atoms with Gasteiger partial charge in [-0.2, -0.15) is 0 Å². The molecule has 7 heteroatoms. The van der Waals surface area contributed by atoms with Gasteiger partial charge in [0.25, 0.3) is 11.2 Å². The van der Waals surface area contributed by atoms with E-state index in [0.29, 0.717) is 11.1 Å². The smallest absolute Gasteiger partial charge is 0.352 e. The van der Waals surface area contributed by atoms with Crippen LogP contribution < -0.4 is 5.56 Å². The minimum atomic E-state index is -1.23. The number of nitrogens with zero attached hydrogens (tertiary/aromatic N) is 2. The molecule has 0 aliphatic carbocycles. The molecule has 1 aromatic carbocycles. The predicted molar refractivity (Wildman–Crippen MR) is 74.6 cm³/mol. The van der Waals surface area contributed by atoms with E-state index in [1.54, 1.807) is 13.0 Å². The van der Waals surface area contributed by atoms with E-state index >= 15 is 0 Å². The number of rotatable bonds is 4. The van der Waals surface area contributed by atoms with E-state index in [4.69, 9.17) is 5.11 Å². The first kappa shape index (κ1) is 14.4. The summed E-state index contributed by atoms with van der Waals surface area (Å²) in [7, 11) is 0. The van der Waals surface area contributed by atoms with Crippen LogP contribution >= 0.6 is 0 Å². The van der Waals surface area contributed by atoms with Gasteiger partial charge in [-0.3, -0.25) is 19.5 Å². The number of aromatic nitrogens is 1. The normalized spacial score (nSPS) is 10.3. The zero-order valence-corrected chi connectivity index (χ0v) is 11.1. The highest BCUT2D eigenvalue weighted by Crippen LogP contribution is 2.21. The topological polar surface area (TPSA) is 102 Å². The summed E-state index contributed by atoms with van der Waals surface area (Å²) < 4.78 is 1.08. The molecule has 21 heavy (non-hydrogen) atoms. The van der Waals surface area contributed by atoms with Crippen LogP contribution in [0.15, 0.2) is 41.2 Å². The fourth-order valence-corrected chi connectivity index (χ4v) is 2.08. The Kier molecular flexibility index (Phi) is 3.84. The first-order chi connectivity index (χ1) is 9.91. The molecule has 2 rings (SSSR count). The minimum Gasteiger partial charge on any atom is -0.477 e. The number of pyridine rings is 1. The molecule has 0 amide bonds. The van der Waals surface area contributed by atoms with Crippen molar-refractivity contribution >= 4 is 11.7 Å². The van der Waals surface area contributed by atoms with Crippen molar-refractivity contribution in [2.75, 3.05) is 0 Å². The Balaban J connectivity index is 2.54. The lowest BCUT2D eigenvalue weighted by atomic mass is 10.1. The van der Waals surface area contributed by atoms with Crippen LogP contribution in [0.5, 0.6) is 0 Å². The molecular weight excluding hydrogens is 276 g/mol. The van der Waals surface area contributed by atoms with Crippen LogP contribution in [-0.4, -0.2) is 20.6 Å². The second-order valence-corrected chi connectivity index (χ2v) is 4.46. The number of carboxylic acids is 1. The Morgan fingerprint density at radius 3 is 2.57 bits per heavy atom. The van der Waals surface area contributed by atoms with Gasteiger partial charge in [-0.15, -0.1) is 0 Å². The highest BCUT2D eigenvalue weighted by atomic mass is 16.6. The molecule has 0 saturated heterocycles. The van der Waals surface area contributed by atoms with Gasteiger partial charge in [0.15, 0.2) is 0 Å². The largest absolute Gasteiger partial charge is 0.477 e. The van der Waals surface area contributed by atoms with Gasteiger partial charge in [-0.1, -0.05) is 18.2 Å². The van der Waals surface area contributed by atoms with Crippen molar-refractivity contribution in [2.45, 2.75) is 13.5 Å². The number of nitro benzene ring substituents is 1. The molecule has 0 spiro atoms. The fourth-order valence-electron chi connectivity index (χ4n) is 2.08. The van der Waals surface area contributed by atoms with Crippen LogP contribution in [0, 0.1) is 17.0 Å². The summed E-state index contributed by atoms with van der Waals surface area (Å²) in [5, 5.41) is 20.0. The van der Waals surface area contributed by atoms with Gasteiger partial charge in [0, 0.05) is 17.7 Å². The molecule has 0 aliphatic rings. The lowest BCUT2D eigenvalue weighted by Crippen LogP contribution is -2.25. The molecule has 1 aromatic heterocycles. The van der Waals surface area contributed by atoms with Crippen molar-refractivity contribution < 1.29 is 14.8 Å². The molecule has 0 atom stereocenters. The Morgan fingerprint density at radius 2 is 1.95 bits per heavy atom. The minimum absolute atomic E-state index is 0.0329. The maximum Gasteiger partial charge on any atom is 0.352 e. The summed E-state index contributed by atoms with van der Waals surface area (Å²) in [6.07, 6.45) is 0. The molecule has 1 N–H and O–H groups in total. The van der Waals surface area contributed by atoms with Crippen LogP contribution in [-0.2, 0) is 6.54 Å². The van der Waals surface area contributed by atoms with Crippen LogP contribution in [0.4, 0.5) is 5.69 Å². The van der Waals surface area contributed by atoms with Gasteiger partial charge in [-0.25, -0.2) is 4.79 Å². The second-order valence-electron chi connectivity index (χ2n) is 4.46. The Morgan fingerprint density at radius 1 is 1.29 bits per heavy atom. The average Bonchev–Trinajstić information content (AvgIpc) is 2.42. The molecule has 7 nitrogen and oxygen atoms in total. The van der Waals surface area contributed by atoms with E-state index in [2.05, 4.69) is 0 Å². The van der Waals surface area contributed by atoms with Crippen LogP contribution in [0.2, 0.25) is 0 Å². The quantitative estimate of drug-likeness (QED) is 0.682. The molecular formula is C14H12N2O5. The van der Waals surface area contributed by atoms with Crippen molar-refractivity contribution in [3.8, 4) is 0 Å². The van der Waals surface area contributed by atoms with Crippen molar-refractivity contribution in [1.29, 1.82) is 0 Å². The number of nitro groups is 1. The van der Waals surface area contributed by atoms with Crippen molar-refractivity contribution in [3.05, 3.63) is 73.7 Å². The fraction of sp³-hybridized carbons (Fsp3) is 0.143. The van der Waals surface area contributed by atoms with Gasteiger partial charge >= 0.3 is 5.97 Å². The van der Waals surface area contributed by atoms with E-state index in [9.17, 15) is 19.7 Å². The zero-order valence-electron chi connectivity index (χ0n) is 11.1. The number of hydrogen-bond acceptors (Lipinski definition) is 4. The van der Waals surface area contributed by atoms with Gasteiger partial charge < -0.3 is 5.11 Å². The Labute approximate surface area is 119 Å². The van der Waals surface area contributed by atoms with E-state index < -0.39 is 16.5 Å². The lowest BCUT2D eigenvalue weighted by Gasteiger charge is -2.11. The number of carbonyl (C=O) groups is 1. The van der Waals surface area contributed by atoms with Crippen molar-refractivity contribution in [1.82, 2.24) is 4.57 Å². The SMILES string of the molecule is Cc1c(Cn2c(C(=O)O)cccc2=O)cccc1[N+](=O)[O-]. The maximum atomic E-state index is 11.8. The molecule has 0 saturated carbocycles. The van der Waals surface area contributed by atoms with Crippen molar-refractivity contribution in [3.63, 3.8) is 0 Å².